The van der Waals surface area contributed by atoms with Gasteiger partial charge in [0, 0.05) is 5.70 Å². The Labute approximate surface area is 70.0 Å². The summed E-state index contributed by atoms with van der Waals surface area (Å²) in [7, 11) is -1.06. The second-order valence-electron chi connectivity index (χ2n) is 4.16. The highest BCUT2D eigenvalue weighted by Gasteiger charge is 2.20. The maximum atomic E-state index is 5.73. The molecule has 1 aliphatic rings. The minimum absolute atomic E-state index is 0.966. The fourth-order valence-corrected chi connectivity index (χ4v) is 2.81. The fourth-order valence-electron chi connectivity index (χ4n) is 1.32. The van der Waals surface area contributed by atoms with E-state index in [1.165, 1.54) is 6.42 Å². The smallest absolute Gasteiger partial charge is 0.0725 e. The summed E-state index contributed by atoms with van der Waals surface area (Å²) in [5, 5.41) is 1.61. The van der Waals surface area contributed by atoms with Crippen LogP contribution in [0.4, 0.5) is 0 Å². The third-order valence-electron chi connectivity index (χ3n) is 2.10. The molecular weight excluding hydrogens is 150 g/mol. The van der Waals surface area contributed by atoms with Gasteiger partial charge in [-0.1, -0.05) is 30.9 Å². The molecule has 0 amide bonds. The van der Waals surface area contributed by atoms with Crippen LogP contribution in [-0.4, -0.2) is 8.07 Å². The molecule has 0 saturated carbocycles. The predicted octanol–water partition coefficient (Wildman–Crippen LogP) is 2.43. The average Bonchev–Trinajstić information content (AvgIpc) is 1.86. The van der Waals surface area contributed by atoms with E-state index in [1.54, 1.807) is 5.20 Å². The van der Waals surface area contributed by atoms with Crippen LogP contribution in [0.2, 0.25) is 19.6 Å². The summed E-state index contributed by atoms with van der Waals surface area (Å²) in [6.07, 6.45) is 6.66. The summed E-state index contributed by atoms with van der Waals surface area (Å²) in [5.74, 6) is 0. The number of hydrogen-bond donors (Lipinski definition) is 1. The van der Waals surface area contributed by atoms with Crippen molar-refractivity contribution in [3.05, 3.63) is 23.0 Å². The second-order valence-corrected chi connectivity index (χ2v) is 9.30. The second kappa shape index (κ2) is 2.86. The van der Waals surface area contributed by atoms with E-state index in [9.17, 15) is 0 Å². The van der Waals surface area contributed by atoms with Crippen LogP contribution in [0.5, 0.6) is 0 Å². The molecule has 0 aromatic rings. The largest absolute Gasteiger partial charge is 0.399 e. The van der Waals surface area contributed by atoms with Gasteiger partial charge in [0.1, 0.15) is 0 Å². The zero-order chi connectivity index (χ0) is 8.48. The molecule has 0 radical (unpaired) electrons. The van der Waals surface area contributed by atoms with Gasteiger partial charge in [-0.15, -0.1) is 0 Å². The Morgan fingerprint density at radius 3 is 2.36 bits per heavy atom. The molecule has 2 N–H and O–H groups in total. The molecule has 0 unspecified atom stereocenters. The molecule has 0 spiro atoms. The van der Waals surface area contributed by atoms with Crippen molar-refractivity contribution >= 4 is 8.07 Å². The predicted molar refractivity (Wildman–Crippen MR) is 52.9 cm³/mol. The van der Waals surface area contributed by atoms with Crippen LogP contribution in [0.3, 0.4) is 0 Å². The molecule has 11 heavy (non-hydrogen) atoms. The first kappa shape index (κ1) is 8.59. The van der Waals surface area contributed by atoms with Crippen molar-refractivity contribution in [2.24, 2.45) is 5.73 Å². The number of hydrogen-bond acceptors (Lipinski definition) is 1. The number of allylic oxidation sites excluding steroid dienone is 3. The monoisotopic (exact) mass is 167 g/mol. The van der Waals surface area contributed by atoms with Gasteiger partial charge in [0.15, 0.2) is 0 Å². The summed E-state index contributed by atoms with van der Waals surface area (Å²) in [6.45, 7) is 7.12. The molecule has 62 valence electrons. The van der Waals surface area contributed by atoms with Crippen molar-refractivity contribution in [3.8, 4) is 0 Å². The molecule has 0 atom stereocenters. The minimum atomic E-state index is -1.06. The lowest BCUT2D eigenvalue weighted by Gasteiger charge is -2.23. The molecule has 1 aliphatic carbocycles. The lowest BCUT2D eigenvalue weighted by atomic mass is 10.1. The zero-order valence-electron chi connectivity index (χ0n) is 7.65. The Kier molecular flexibility index (Phi) is 2.23. The molecule has 0 aliphatic heterocycles. The zero-order valence-corrected chi connectivity index (χ0v) is 8.65. The Balaban J connectivity index is 2.82. The molecule has 1 rings (SSSR count). The van der Waals surface area contributed by atoms with Gasteiger partial charge in [-0.2, -0.15) is 0 Å². The maximum absolute atomic E-state index is 5.73. The Morgan fingerprint density at radius 2 is 2.00 bits per heavy atom. The van der Waals surface area contributed by atoms with Crippen molar-refractivity contribution in [3.63, 3.8) is 0 Å². The summed E-state index contributed by atoms with van der Waals surface area (Å²) in [6, 6.07) is 0. The normalized spacial score (nSPS) is 19.2. The molecule has 2 heteroatoms. The van der Waals surface area contributed by atoms with E-state index >= 15 is 0 Å². The molecular formula is C9H17NSi. The van der Waals surface area contributed by atoms with E-state index in [1.807, 2.05) is 0 Å². The Hall–Kier alpha value is -0.503. The van der Waals surface area contributed by atoms with E-state index in [0.717, 1.165) is 12.1 Å². The van der Waals surface area contributed by atoms with Crippen molar-refractivity contribution in [2.45, 2.75) is 32.5 Å². The van der Waals surface area contributed by atoms with Gasteiger partial charge in [-0.3, -0.25) is 0 Å². The number of nitrogens with two attached hydrogens (primary N) is 1. The van der Waals surface area contributed by atoms with Crippen LogP contribution < -0.4 is 5.73 Å². The SMILES string of the molecule is C[Si](C)(C)C1=CC(N)=CCC1. The van der Waals surface area contributed by atoms with Crippen LogP contribution in [0.1, 0.15) is 12.8 Å². The molecule has 0 heterocycles. The first-order chi connectivity index (χ1) is 5.00. The Morgan fingerprint density at radius 1 is 1.36 bits per heavy atom. The average molecular weight is 167 g/mol. The lowest BCUT2D eigenvalue weighted by molar-refractivity contribution is 0.979. The maximum Gasteiger partial charge on any atom is 0.0725 e. The van der Waals surface area contributed by atoms with Crippen LogP contribution in [0, 0.1) is 0 Å². The minimum Gasteiger partial charge on any atom is -0.399 e. The van der Waals surface area contributed by atoms with Gasteiger partial charge < -0.3 is 5.73 Å². The van der Waals surface area contributed by atoms with E-state index in [4.69, 9.17) is 5.73 Å². The molecule has 0 bridgehead atoms. The summed E-state index contributed by atoms with van der Waals surface area (Å²) >= 11 is 0. The first-order valence-corrected chi connectivity index (χ1v) is 7.67. The van der Waals surface area contributed by atoms with E-state index < -0.39 is 8.07 Å². The quantitative estimate of drug-likeness (QED) is 0.596. The topological polar surface area (TPSA) is 26.0 Å². The third-order valence-corrected chi connectivity index (χ3v) is 4.42. The first-order valence-electron chi connectivity index (χ1n) is 4.17. The van der Waals surface area contributed by atoms with Gasteiger partial charge >= 0.3 is 0 Å². The summed E-state index contributed by atoms with van der Waals surface area (Å²) in [4.78, 5) is 0. The standard InChI is InChI=1S/C9H17NSi/c1-11(2,3)9-6-4-5-8(10)7-9/h5,7H,4,6,10H2,1-3H3. The van der Waals surface area contributed by atoms with Crippen molar-refractivity contribution < 1.29 is 0 Å². The highest BCUT2D eigenvalue weighted by atomic mass is 28.3. The summed E-state index contributed by atoms with van der Waals surface area (Å²) < 4.78 is 0. The highest BCUT2D eigenvalue weighted by molar-refractivity contribution is 6.83. The molecule has 1 nitrogen and oxygen atoms in total. The van der Waals surface area contributed by atoms with Gasteiger partial charge in [0.05, 0.1) is 8.07 Å². The molecule has 0 aromatic heterocycles. The van der Waals surface area contributed by atoms with Crippen molar-refractivity contribution in [1.29, 1.82) is 0 Å². The van der Waals surface area contributed by atoms with E-state index in [-0.39, 0.29) is 0 Å². The van der Waals surface area contributed by atoms with Gasteiger partial charge in [0.25, 0.3) is 0 Å². The van der Waals surface area contributed by atoms with E-state index in [0.29, 0.717) is 0 Å². The van der Waals surface area contributed by atoms with Crippen LogP contribution >= 0.6 is 0 Å². The van der Waals surface area contributed by atoms with Crippen LogP contribution in [-0.2, 0) is 0 Å². The van der Waals surface area contributed by atoms with Crippen molar-refractivity contribution in [2.75, 3.05) is 0 Å². The third kappa shape index (κ3) is 2.22. The van der Waals surface area contributed by atoms with Crippen molar-refractivity contribution in [1.82, 2.24) is 0 Å². The molecule has 0 fully saturated rings. The summed E-state index contributed by atoms with van der Waals surface area (Å²) in [5.41, 5.74) is 6.70. The number of rotatable bonds is 1. The van der Waals surface area contributed by atoms with Crippen LogP contribution in [0.25, 0.3) is 0 Å². The molecule has 0 aromatic carbocycles. The Bertz CT molecular complexity index is 208. The van der Waals surface area contributed by atoms with Crippen LogP contribution in [0.15, 0.2) is 23.0 Å². The van der Waals surface area contributed by atoms with Gasteiger partial charge in [-0.05, 0) is 18.9 Å². The molecule has 0 saturated heterocycles. The highest BCUT2D eigenvalue weighted by Crippen LogP contribution is 2.23. The fraction of sp³-hybridized carbons (Fsp3) is 0.556. The van der Waals surface area contributed by atoms with Gasteiger partial charge in [0.2, 0.25) is 0 Å². The van der Waals surface area contributed by atoms with Gasteiger partial charge in [-0.25, -0.2) is 0 Å². The van der Waals surface area contributed by atoms with E-state index in [2.05, 4.69) is 31.8 Å². The lowest BCUT2D eigenvalue weighted by Crippen LogP contribution is -2.25.